The number of nitrogens with one attached hydrogen (secondary N) is 2. The van der Waals surface area contributed by atoms with E-state index in [1.807, 2.05) is 18.2 Å². The molecule has 1 unspecified atom stereocenters. The number of anilines is 1. The molecule has 2 aliphatic heterocycles. The largest absolute Gasteiger partial charge is 0.444 e. The number of piperidine rings is 1. The first-order chi connectivity index (χ1) is 25.2. The molecule has 5 heterocycles. The van der Waals surface area contributed by atoms with E-state index < -0.39 is 47.7 Å². The Morgan fingerprint density at radius 3 is 2.37 bits per heavy atom. The van der Waals surface area contributed by atoms with Crippen LogP contribution < -0.4 is 10.6 Å². The Balaban J connectivity index is 0.911. The van der Waals surface area contributed by atoms with E-state index in [2.05, 4.69) is 25.7 Å². The van der Waals surface area contributed by atoms with Gasteiger partial charge in [0.25, 0.3) is 24.1 Å². The lowest BCUT2D eigenvalue weighted by molar-refractivity contribution is -0.136. The number of pyridine rings is 1. The lowest BCUT2D eigenvalue weighted by atomic mass is 10.00. The van der Waals surface area contributed by atoms with Crippen LogP contribution in [0.15, 0.2) is 83.9 Å². The molecule has 1 saturated heterocycles. The zero-order chi connectivity index (χ0) is 36.4. The van der Waals surface area contributed by atoms with Gasteiger partial charge in [-0.2, -0.15) is 5.10 Å². The summed E-state index contributed by atoms with van der Waals surface area (Å²) in [5.74, 6) is -2.65. The highest BCUT2D eigenvalue weighted by atomic mass is 19.3. The second kappa shape index (κ2) is 14.5. The summed E-state index contributed by atoms with van der Waals surface area (Å²) < 4.78 is 34.4. The van der Waals surface area contributed by atoms with Gasteiger partial charge in [-0.25, -0.2) is 18.4 Å². The zero-order valence-corrected chi connectivity index (χ0v) is 27.6. The smallest absolute Gasteiger partial charge is 0.284 e. The number of hydrogen-bond acceptors (Lipinski definition) is 9. The molecule has 0 radical (unpaired) electrons. The fraction of sp³-hybridized carbons (Fsp3) is 0.243. The number of alkyl halides is 2. The Kier molecular flexibility index (Phi) is 9.48. The second-order valence-corrected chi connectivity index (χ2v) is 12.5. The molecule has 0 aliphatic carbocycles. The Morgan fingerprint density at radius 1 is 0.923 bits per heavy atom. The Hall–Kier alpha value is -6.38. The molecule has 0 spiro atoms. The number of hydrogen-bond donors (Lipinski definition) is 2. The van der Waals surface area contributed by atoms with Gasteiger partial charge in [0, 0.05) is 24.4 Å². The summed E-state index contributed by atoms with van der Waals surface area (Å²) in [6, 6.07) is 14.8. The van der Waals surface area contributed by atoms with Gasteiger partial charge in [0.05, 0.1) is 28.7 Å². The number of amides is 5. The van der Waals surface area contributed by atoms with Crippen molar-refractivity contribution in [2.45, 2.75) is 57.4 Å². The van der Waals surface area contributed by atoms with Crippen LogP contribution in [0.5, 0.6) is 0 Å². The van der Waals surface area contributed by atoms with Gasteiger partial charge >= 0.3 is 0 Å². The van der Waals surface area contributed by atoms with Crippen molar-refractivity contribution in [1.82, 2.24) is 30.0 Å². The van der Waals surface area contributed by atoms with Crippen molar-refractivity contribution >= 4 is 35.2 Å². The molecule has 2 aliphatic rings. The summed E-state index contributed by atoms with van der Waals surface area (Å²) in [4.78, 5) is 71.7. The number of fused-ring (bicyclic) bond motifs is 1. The van der Waals surface area contributed by atoms with Crippen molar-refractivity contribution in [3.05, 3.63) is 113 Å². The number of rotatable bonds is 12. The van der Waals surface area contributed by atoms with Gasteiger partial charge < -0.3 is 9.73 Å². The lowest BCUT2D eigenvalue weighted by Crippen LogP contribution is -2.54. The standard InChI is InChI=1S/C37H31F2N7O6/c38-32(39)31-27(41-33(48)28-20-52-35(42-28)23-14-16-40-17-15-23)19-45(44-31)24-9-6-21(7-10-24)4-2-1-3-5-22-8-11-25-26(18-22)37(51)46(36(25)50)29-12-13-30(47)43-34(29)49/h6-11,14-20,29,32H,1-5,12-13H2,(H,41,48)(H,43,47,49). The summed E-state index contributed by atoms with van der Waals surface area (Å²) in [5.41, 5.74) is 2.80. The molecule has 2 N–H and O–H groups in total. The van der Waals surface area contributed by atoms with E-state index >= 15 is 0 Å². The quantitative estimate of drug-likeness (QED) is 0.126. The molecular formula is C37H31F2N7O6. The first-order valence-electron chi connectivity index (χ1n) is 16.6. The summed E-state index contributed by atoms with van der Waals surface area (Å²) in [6.45, 7) is 0. The molecule has 52 heavy (non-hydrogen) atoms. The van der Waals surface area contributed by atoms with Crippen molar-refractivity contribution in [1.29, 1.82) is 0 Å². The van der Waals surface area contributed by atoms with E-state index in [-0.39, 0.29) is 41.2 Å². The van der Waals surface area contributed by atoms with Crippen LogP contribution in [0.4, 0.5) is 14.5 Å². The second-order valence-electron chi connectivity index (χ2n) is 12.5. The minimum atomic E-state index is -2.94. The maximum atomic E-state index is 13.9. The first kappa shape index (κ1) is 34.1. The fourth-order valence-corrected chi connectivity index (χ4v) is 6.29. The predicted molar refractivity (Wildman–Crippen MR) is 181 cm³/mol. The molecule has 1 fully saturated rings. The highest BCUT2D eigenvalue weighted by Crippen LogP contribution is 2.30. The molecular weight excluding hydrogens is 676 g/mol. The molecule has 1 atom stereocenters. The van der Waals surface area contributed by atoms with E-state index in [0.717, 1.165) is 48.0 Å². The highest BCUT2D eigenvalue weighted by Gasteiger charge is 2.44. The van der Waals surface area contributed by atoms with Gasteiger partial charge in [-0.05, 0) is 79.6 Å². The number of carbonyl (C=O) groups excluding carboxylic acids is 5. The third kappa shape index (κ3) is 6.97. The Morgan fingerprint density at radius 2 is 1.63 bits per heavy atom. The molecule has 5 amide bonds. The summed E-state index contributed by atoms with van der Waals surface area (Å²) in [5, 5.41) is 8.68. The SMILES string of the molecule is O=C1CCC(N2C(=O)c3ccc(CCCCCc4ccc(-n5cc(NC(=O)c6coc(-c7ccncc7)n6)c(C(F)F)n5)cc4)cc3C2=O)C(=O)N1. The monoisotopic (exact) mass is 707 g/mol. The Bertz CT molecular complexity index is 2180. The molecule has 3 aromatic heterocycles. The van der Waals surface area contributed by atoms with Crippen LogP contribution in [0.3, 0.4) is 0 Å². The van der Waals surface area contributed by atoms with Crippen LogP contribution in [0.25, 0.3) is 17.1 Å². The maximum absolute atomic E-state index is 13.9. The van der Waals surface area contributed by atoms with Crippen LogP contribution in [-0.2, 0) is 22.4 Å². The zero-order valence-electron chi connectivity index (χ0n) is 27.6. The number of nitrogens with zero attached hydrogens (tertiary/aromatic N) is 5. The van der Waals surface area contributed by atoms with Crippen molar-refractivity contribution in [2.75, 3.05) is 5.32 Å². The van der Waals surface area contributed by atoms with Gasteiger partial charge in [-0.3, -0.25) is 39.2 Å². The highest BCUT2D eigenvalue weighted by molar-refractivity contribution is 6.23. The molecule has 0 saturated carbocycles. The number of imide groups is 2. The minimum Gasteiger partial charge on any atom is -0.444 e. The third-order valence-corrected chi connectivity index (χ3v) is 9.00. The average molecular weight is 708 g/mol. The number of halogens is 2. The molecule has 264 valence electrons. The van der Waals surface area contributed by atoms with Gasteiger partial charge in [0.15, 0.2) is 11.4 Å². The normalized spacial score (nSPS) is 15.7. The fourth-order valence-electron chi connectivity index (χ4n) is 6.29. The minimum absolute atomic E-state index is 0.0649. The van der Waals surface area contributed by atoms with Gasteiger partial charge in [-0.1, -0.05) is 24.6 Å². The predicted octanol–water partition coefficient (Wildman–Crippen LogP) is 5.47. The number of aromatic nitrogens is 4. The molecule has 7 rings (SSSR count). The number of carbonyl (C=O) groups is 5. The maximum Gasteiger partial charge on any atom is 0.284 e. The van der Waals surface area contributed by atoms with E-state index in [9.17, 15) is 32.8 Å². The van der Waals surface area contributed by atoms with Crippen molar-refractivity contribution in [3.8, 4) is 17.1 Å². The lowest BCUT2D eigenvalue weighted by Gasteiger charge is -2.27. The van der Waals surface area contributed by atoms with Crippen LogP contribution in [0.1, 0.15) is 86.6 Å². The van der Waals surface area contributed by atoms with Crippen molar-refractivity contribution < 1.29 is 37.2 Å². The summed E-state index contributed by atoms with van der Waals surface area (Å²) in [7, 11) is 0. The molecule has 5 aromatic rings. The number of benzene rings is 2. The van der Waals surface area contributed by atoms with Crippen LogP contribution >= 0.6 is 0 Å². The number of oxazole rings is 1. The molecule has 15 heteroatoms. The van der Waals surface area contributed by atoms with Crippen molar-refractivity contribution in [2.24, 2.45) is 0 Å². The van der Waals surface area contributed by atoms with Crippen molar-refractivity contribution in [3.63, 3.8) is 0 Å². The van der Waals surface area contributed by atoms with Gasteiger partial charge in [-0.15, -0.1) is 0 Å². The number of unbranched alkanes of at least 4 members (excludes halogenated alkanes) is 2. The van der Waals surface area contributed by atoms with E-state index in [0.29, 0.717) is 17.7 Å². The average Bonchev–Trinajstić information content (AvgIpc) is 3.87. The topological polar surface area (TPSA) is 169 Å². The Labute approximate surface area is 295 Å². The first-order valence-corrected chi connectivity index (χ1v) is 16.6. The van der Waals surface area contributed by atoms with E-state index in [1.54, 1.807) is 48.8 Å². The van der Waals surface area contributed by atoms with Crippen LogP contribution in [-0.4, -0.2) is 60.2 Å². The third-order valence-electron chi connectivity index (χ3n) is 9.00. The number of aryl methyl sites for hydroxylation is 2. The van der Waals surface area contributed by atoms with E-state index in [4.69, 9.17) is 4.42 Å². The molecule has 0 bridgehead atoms. The van der Waals surface area contributed by atoms with Gasteiger partial charge in [0.1, 0.15) is 12.3 Å². The summed E-state index contributed by atoms with van der Waals surface area (Å²) >= 11 is 0. The van der Waals surface area contributed by atoms with Gasteiger partial charge in [0.2, 0.25) is 17.7 Å². The van der Waals surface area contributed by atoms with Crippen LogP contribution in [0, 0.1) is 0 Å². The molecule has 2 aromatic carbocycles. The van der Waals surface area contributed by atoms with Crippen LogP contribution in [0.2, 0.25) is 0 Å². The van der Waals surface area contributed by atoms with E-state index in [1.165, 1.54) is 10.9 Å². The molecule has 13 nitrogen and oxygen atoms in total. The summed E-state index contributed by atoms with van der Waals surface area (Å²) in [6.07, 6.45) is 6.89.